The van der Waals surface area contributed by atoms with Gasteiger partial charge in [-0.15, -0.1) is 0 Å². The Kier molecular flexibility index (Phi) is 2.79. The molecular formula is C17H19NO2. The molecule has 20 heavy (non-hydrogen) atoms. The van der Waals surface area contributed by atoms with Crippen LogP contribution in [-0.2, 0) is 24.1 Å². The molecule has 1 fully saturated rings. The first-order valence-corrected chi connectivity index (χ1v) is 7.61. The monoisotopic (exact) mass is 269 g/mol. The molecular weight excluding hydrogens is 250 g/mol. The first kappa shape index (κ1) is 12.0. The lowest BCUT2D eigenvalue weighted by molar-refractivity contribution is -0.129. The Hall–Kier alpha value is -1.77. The number of carbonyl (C=O) groups excluding carboxylic acids is 1. The van der Waals surface area contributed by atoms with Gasteiger partial charge in [0.05, 0.1) is 12.7 Å². The zero-order valence-corrected chi connectivity index (χ0v) is 11.7. The molecule has 1 aliphatic heterocycles. The van der Waals surface area contributed by atoms with E-state index < -0.39 is 0 Å². The Bertz CT molecular complexity index is 665. The third-order valence-electron chi connectivity index (χ3n) is 4.67. The molecule has 3 nitrogen and oxygen atoms in total. The number of amides is 1. The maximum atomic E-state index is 12.3. The van der Waals surface area contributed by atoms with Gasteiger partial charge in [-0.3, -0.25) is 4.79 Å². The number of hydrogen-bond donors (Lipinski definition) is 0. The lowest BCUT2D eigenvalue weighted by Gasteiger charge is -2.14. The fraction of sp³-hybridized carbons (Fsp3) is 0.471. The Morgan fingerprint density at radius 2 is 1.85 bits per heavy atom. The molecule has 2 aliphatic rings. The van der Waals surface area contributed by atoms with Gasteiger partial charge in [0.15, 0.2) is 0 Å². The Balaban J connectivity index is 1.64. The van der Waals surface area contributed by atoms with Crippen molar-refractivity contribution < 1.29 is 9.21 Å². The highest BCUT2D eigenvalue weighted by atomic mass is 16.3. The highest BCUT2D eigenvalue weighted by Crippen LogP contribution is 2.30. The molecule has 0 radical (unpaired) electrons. The van der Waals surface area contributed by atoms with Gasteiger partial charge in [-0.1, -0.05) is 0 Å². The van der Waals surface area contributed by atoms with E-state index in [4.69, 9.17) is 4.42 Å². The third-order valence-corrected chi connectivity index (χ3v) is 4.67. The molecule has 0 saturated carbocycles. The normalized spacial score (nSPS) is 17.9. The molecule has 0 atom stereocenters. The van der Waals surface area contributed by atoms with Crippen LogP contribution in [0.25, 0.3) is 11.0 Å². The summed E-state index contributed by atoms with van der Waals surface area (Å²) in [5, 5.41) is 1.14. The summed E-state index contributed by atoms with van der Waals surface area (Å²) in [5.41, 5.74) is 4.85. The molecule has 2 aromatic rings. The molecule has 1 saturated heterocycles. The molecule has 0 spiro atoms. The smallest absolute Gasteiger partial charge is 0.227 e. The number of carbonyl (C=O) groups is 1. The molecule has 1 aromatic heterocycles. The number of hydrogen-bond acceptors (Lipinski definition) is 2. The first-order valence-electron chi connectivity index (χ1n) is 7.61. The van der Waals surface area contributed by atoms with Gasteiger partial charge >= 0.3 is 0 Å². The number of likely N-dealkylation sites (tertiary alicyclic amines) is 1. The minimum Gasteiger partial charge on any atom is -0.464 e. The molecule has 0 bridgehead atoms. The fourth-order valence-electron chi connectivity index (χ4n) is 3.53. The van der Waals surface area contributed by atoms with Crippen LogP contribution in [0, 0.1) is 0 Å². The Labute approximate surface area is 118 Å². The molecule has 1 aromatic carbocycles. The maximum absolute atomic E-state index is 12.3. The summed E-state index contributed by atoms with van der Waals surface area (Å²) in [7, 11) is 0. The number of aryl methyl sites for hydroxylation is 2. The highest BCUT2D eigenvalue weighted by Gasteiger charge is 2.21. The van der Waals surface area contributed by atoms with Crippen molar-refractivity contribution in [3.05, 3.63) is 35.1 Å². The maximum Gasteiger partial charge on any atom is 0.227 e. The molecule has 0 N–H and O–H groups in total. The van der Waals surface area contributed by atoms with Gasteiger partial charge in [0.2, 0.25) is 5.91 Å². The van der Waals surface area contributed by atoms with Crippen LogP contribution < -0.4 is 0 Å². The van der Waals surface area contributed by atoms with Crippen LogP contribution in [0.2, 0.25) is 0 Å². The van der Waals surface area contributed by atoms with Crippen molar-refractivity contribution >= 4 is 16.9 Å². The lowest BCUT2D eigenvalue weighted by atomic mass is 10.0. The van der Waals surface area contributed by atoms with Gasteiger partial charge in [0, 0.05) is 24.0 Å². The average Bonchev–Trinajstić information content (AvgIpc) is 3.17. The summed E-state index contributed by atoms with van der Waals surface area (Å²) in [6.07, 6.45) is 8.10. The molecule has 3 heteroatoms. The summed E-state index contributed by atoms with van der Waals surface area (Å²) >= 11 is 0. The average molecular weight is 269 g/mol. The predicted octanol–water partition coefficient (Wildman–Crippen LogP) is 3.09. The number of nitrogens with zero attached hydrogens (tertiary/aromatic N) is 1. The molecule has 1 amide bonds. The number of fused-ring (bicyclic) bond motifs is 2. The zero-order chi connectivity index (χ0) is 13.5. The van der Waals surface area contributed by atoms with Gasteiger partial charge in [-0.05, 0) is 55.4 Å². The summed E-state index contributed by atoms with van der Waals surface area (Å²) < 4.78 is 5.67. The van der Waals surface area contributed by atoms with E-state index in [-0.39, 0.29) is 5.91 Å². The molecule has 1 aliphatic carbocycles. The van der Waals surface area contributed by atoms with Gasteiger partial charge in [-0.25, -0.2) is 0 Å². The van der Waals surface area contributed by atoms with Gasteiger partial charge in [0.1, 0.15) is 5.58 Å². The second-order valence-electron chi connectivity index (χ2n) is 6.00. The van der Waals surface area contributed by atoms with E-state index in [0.717, 1.165) is 55.3 Å². The van der Waals surface area contributed by atoms with Crippen LogP contribution in [0.15, 0.2) is 22.8 Å². The van der Waals surface area contributed by atoms with E-state index in [1.165, 1.54) is 17.5 Å². The first-order chi connectivity index (χ1) is 9.81. The summed E-state index contributed by atoms with van der Waals surface area (Å²) in [4.78, 5) is 14.3. The zero-order valence-electron chi connectivity index (χ0n) is 11.7. The van der Waals surface area contributed by atoms with Crippen molar-refractivity contribution in [1.82, 2.24) is 4.90 Å². The Morgan fingerprint density at radius 3 is 2.65 bits per heavy atom. The van der Waals surface area contributed by atoms with E-state index in [0.29, 0.717) is 6.42 Å². The SMILES string of the molecule is O=C(Cc1coc2cc3c(cc12)CCC3)N1CCCC1. The predicted molar refractivity (Wildman–Crippen MR) is 77.8 cm³/mol. The van der Waals surface area contributed by atoms with Crippen molar-refractivity contribution in [2.45, 2.75) is 38.5 Å². The molecule has 4 rings (SSSR count). The van der Waals surface area contributed by atoms with E-state index >= 15 is 0 Å². The van der Waals surface area contributed by atoms with Crippen LogP contribution in [0.3, 0.4) is 0 Å². The highest BCUT2D eigenvalue weighted by molar-refractivity contribution is 5.88. The van der Waals surface area contributed by atoms with E-state index in [9.17, 15) is 4.79 Å². The number of rotatable bonds is 2. The lowest BCUT2D eigenvalue weighted by Crippen LogP contribution is -2.28. The largest absolute Gasteiger partial charge is 0.464 e. The quantitative estimate of drug-likeness (QED) is 0.839. The van der Waals surface area contributed by atoms with Crippen LogP contribution in [0.4, 0.5) is 0 Å². The molecule has 104 valence electrons. The Morgan fingerprint density at radius 1 is 1.10 bits per heavy atom. The van der Waals surface area contributed by atoms with Gasteiger partial charge in [0.25, 0.3) is 0 Å². The van der Waals surface area contributed by atoms with E-state index in [1.807, 2.05) is 4.90 Å². The summed E-state index contributed by atoms with van der Waals surface area (Å²) in [5.74, 6) is 0.241. The summed E-state index contributed by atoms with van der Waals surface area (Å²) in [6, 6.07) is 4.41. The van der Waals surface area contributed by atoms with Crippen molar-refractivity contribution in [3.63, 3.8) is 0 Å². The van der Waals surface area contributed by atoms with Crippen molar-refractivity contribution in [1.29, 1.82) is 0 Å². The molecule has 2 heterocycles. The molecule has 0 unspecified atom stereocenters. The van der Waals surface area contributed by atoms with Crippen LogP contribution >= 0.6 is 0 Å². The van der Waals surface area contributed by atoms with Crippen molar-refractivity contribution in [3.8, 4) is 0 Å². The van der Waals surface area contributed by atoms with E-state index in [2.05, 4.69) is 12.1 Å². The minimum absolute atomic E-state index is 0.241. The van der Waals surface area contributed by atoms with Gasteiger partial charge in [-0.2, -0.15) is 0 Å². The second-order valence-corrected chi connectivity index (χ2v) is 6.00. The van der Waals surface area contributed by atoms with Crippen LogP contribution in [0.5, 0.6) is 0 Å². The second kappa shape index (κ2) is 4.65. The van der Waals surface area contributed by atoms with E-state index in [1.54, 1.807) is 6.26 Å². The standard InChI is InChI=1S/C17H19NO2/c19-17(18-6-1-2-7-18)10-14-11-20-16-9-13-5-3-4-12(13)8-15(14)16/h8-9,11H,1-7,10H2. The number of benzene rings is 1. The topological polar surface area (TPSA) is 33.5 Å². The fourth-order valence-corrected chi connectivity index (χ4v) is 3.53. The van der Waals surface area contributed by atoms with Crippen molar-refractivity contribution in [2.24, 2.45) is 0 Å². The minimum atomic E-state index is 0.241. The van der Waals surface area contributed by atoms with Crippen molar-refractivity contribution in [2.75, 3.05) is 13.1 Å². The third kappa shape index (κ3) is 1.92. The van der Waals surface area contributed by atoms with Gasteiger partial charge < -0.3 is 9.32 Å². The van der Waals surface area contributed by atoms with Crippen LogP contribution in [-0.4, -0.2) is 23.9 Å². The van der Waals surface area contributed by atoms with Crippen LogP contribution in [0.1, 0.15) is 36.0 Å². The number of furan rings is 1. The summed E-state index contributed by atoms with van der Waals surface area (Å²) in [6.45, 7) is 1.84.